The zero-order chi connectivity index (χ0) is 12.7. The van der Waals surface area contributed by atoms with E-state index in [0.717, 1.165) is 6.42 Å². The Morgan fingerprint density at radius 1 is 1.41 bits per heavy atom. The van der Waals surface area contributed by atoms with Gasteiger partial charge in [-0.3, -0.25) is 0 Å². The van der Waals surface area contributed by atoms with Gasteiger partial charge in [0.1, 0.15) is 13.4 Å². The molecule has 17 heavy (non-hydrogen) atoms. The van der Waals surface area contributed by atoms with Crippen molar-refractivity contribution in [2.45, 2.75) is 27.2 Å². The van der Waals surface area contributed by atoms with E-state index >= 15 is 0 Å². The number of rotatable bonds is 5. The van der Waals surface area contributed by atoms with Crippen molar-refractivity contribution in [2.75, 3.05) is 26.6 Å². The Hall–Kier alpha value is -0.870. The summed E-state index contributed by atoms with van der Waals surface area (Å²) in [6, 6.07) is 0. The number of carbonyl (C=O) groups is 1. The summed E-state index contributed by atoms with van der Waals surface area (Å²) in [5.74, 6) is 0.0566. The van der Waals surface area contributed by atoms with E-state index in [1.54, 1.807) is 0 Å². The first-order valence-corrected chi connectivity index (χ1v) is 6.08. The average molecular weight is 242 g/mol. The quantitative estimate of drug-likeness (QED) is 0.547. The van der Waals surface area contributed by atoms with E-state index in [-0.39, 0.29) is 11.4 Å². The predicted molar refractivity (Wildman–Crippen MR) is 64.4 cm³/mol. The van der Waals surface area contributed by atoms with Crippen LogP contribution in [0.25, 0.3) is 0 Å². The minimum Gasteiger partial charge on any atom is -0.462 e. The van der Waals surface area contributed by atoms with Gasteiger partial charge in [-0.15, -0.1) is 0 Å². The van der Waals surface area contributed by atoms with Crippen LogP contribution in [0, 0.1) is 11.3 Å². The lowest BCUT2D eigenvalue weighted by atomic mass is 9.87. The van der Waals surface area contributed by atoms with Gasteiger partial charge in [0.05, 0.1) is 18.6 Å². The molecule has 1 rings (SSSR count). The van der Waals surface area contributed by atoms with Crippen LogP contribution >= 0.6 is 0 Å². The molecule has 0 aliphatic carbocycles. The van der Waals surface area contributed by atoms with Crippen molar-refractivity contribution in [2.24, 2.45) is 11.3 Å². The highest BCUT2D eigenvalue weighted by Gasteiger charge is 2.33. The molecule has 0 aromatic heterocycles. The molecule has 1 aliphatic heterocycles. The summed E-state index contributed by atoms with van der Waals surface area (Å²) >= 11 is 0. The van der Waals surface area contributed by atoms with Gasteiger partial charge in [0.2, 0.25) is 0 Å². The van der Waals surface area contributed by atoms with Crippen molar-refractivity contribution in [3.8, 4) is 0 Å². The largest absolute Gasteiger partial charge is 0.462 e. The van der Waals surface area contributed by atoms with Crippen LogP contribution in [0.15, 0.2) is 12.2 Å². The molecule has 0 N–H and O–H groups in total. The molecular formula is C13H22O4. The SMILES string of the molecule is CCC1(COC(=O)/C=C\C(C)C)COCOC1. The van der Waals surface area contributed by atoms with E-state index in [0.29, 0.717) is 32.5 Å². The molecule has 4 heteroatoms. The topological polar surface area (TPSA) is 44.8 Å². The Morgan fingerprint density at radius 3 is 2.59 bits per heavy atom. The lowest BCUT2D eigenvalue weighted by molar-refractivity contribution is -0.185. The zero-order valence-corrected chi connectivity index (χ0v) is 10.9. The summed E-state index contributed by atoms with van der Waals surface area (Å²) in [6.07, 6.45) is 4.18. The van der Waals surface area contributed by atoms with E-state index in [1.165, 1.54) is 6.08 Å². The second-order valence-electron chi connectivity index (χ2n) is 4.88. The normalized spacial score (nSPS) is 19.8. The fourth-order valence-corrected chi connectivity index (χ4v) is 1.55. The average Bonchev–Trinajstić information content (AvgIpc) is 2.35. The molecule has 0 unspecified atom stereocenters. The Labute approximate surface area is 103 Å². The van der Waals surface area contributed by atoms with Crippen LogP contribution in [0.2, 0.25) is 0 Å². The van der Waals surface area contributed by atoms with Crippen molar-refractivity contribution in [1.29, 1.82) is 0 Å². The third-order valence-corrected chi connectivity index (χ3v) is 2.87. The minimum atomic E-state index is -0.294. The van der Waals surface area contributed by atoms with E-state index < -0.39 is 0 Å². The van der Waals surface area contributed by atoms with E-state index in [9.17, 15) is 4.79 Å². The number of hydrogen-bond acceptors (Lipinski definition) is 4. The Bertz CT molecular complexity index is 265. The fraction of sp³-hybridized carbons (Fsp3) is 0.769. The smallest absolute Gasteiger partial charge is 0.330 e. The summed E-state index contributed by atoms with van der Waals surface area (Å²) in [6.45, 7) is 7.94. The Balaban J connectivity index is 2.39. The molecule has 4 nitrogen and oxygen atoms in total. The maximum atomic E-state index is 11.5. The molecule has 0 bridgehead atoms. The van der Waals surface area contributed by atoms with Crippen LogP contribution in [0.5, 0.6) is 0 Å². The highest BCUT2D eigenvalue weighted by atomic mass is 16.7. The van der Waals surface area contributed by atoms with Crippen molar-refractivity contribution >= 4 is 5.97 Å². The van der Waals surface area contributed by atoms with E-state index in [1.807, 2.05) is 19.9 Å². The molecule has 1 saturated heterocycles. The van der Waals surface area contributed by atoms with Gasteiger partial charge in [-0.05, 0) is 12.3 Å². The molecule has 0 saturated carbocycles. The van der Waals surface area contributed by atoms with Gasteiger partial charge in [-0.1, -0.05) is 26.8 Å². The molecule has 0 aromatic carbocycles. The molecule has 1 heterocycles. The Morgan fingerprint density at radius 2 is 2.06 bits per heavy atom. The first kappa shape index (κ1) is 14.2. The maximum Gasteiger partial charge on any atom is 0.330 e. The van der Waals surface area contributed by atoms with Crippen LogP contribution in [-0.4, -0.2) is 32.6 Å². The summed E-state index contributed by atoms with van der Waals surface area (Å²) in [4.78, 5) is 11.5. The molecule has 0 atom stereocenters. The van der Waals surface area contributed by atoms with Gasteiger partial charge in [0.25, 0.3) is 0 Å². The predicted octanol–water partition coefficient (Wildman–Crippen LogP) is 2.14. The highest BCUT2D eigenvalue weighted by molar-refractivity contribution is 5.81. The van der Waals surface area contributed by atoms with Crippen LogP contribution in [-0.2, 0) is 19.0 Å². The first-order valence-electron chi connectivity index (χ1n) is 6.08. The minimum absolute atomic E-state index is 0.181. The molecule has 0 amide bonds. The molecule has 0 aromatic rings. The number of ether oxygens (including phenoxy) is 3. The van der Waals surface area contributed by atoms with Crippen LogP contribution in [0.3, 0.4) is 0 Å². The molecule has 1 aliphatic rings. The second kappa shape index (κ2) is 6.77. The third kappa shape index (κ3) is 4.88. The van der Waals surface area contributed by atoms with Gasteiger partial charge in [0.15, 0.2) is 0 Å². The number of carbonyl (C=O) groups excluding carboxylic acids is 1. The van der Waals surface area contributed by atoms with Gasteiger partial charge in [0, 0.05) is 6.08 Å². The highest BCUT2D eigenvalue weighted by Crippen LogP contribution is 2.26. The van der Waals surface area contributed by atoms with Gasteiger partial charge in [-0.25, -0.2) is 4.79 Å². The molecule has 0 radical (unpaired) electrons. The van der Waals surface area contributed by atoms with Gasteiger partial charge in [-0.2, -0.15) is 0 Å². The summed E-state index contributed by atoms with van der Waals surface area (Å²) in [7, 11) is 0. The van der Waals surface area contributed by atoms with E-state index in [4.69, 9.17) is 14.2 Å². The van der Waals surface area contributed by atoms with E-state index in [2.05, 4.69) is 6.92 Å². The Kier molecular flexibility index (Phi) is 5.65. The summed E-state index contributed by atoms with van der Waals surface area (Å²) in [5, 5.41) is 0. The summed E-state index contributed by atoms with van der Waals surface area (Å²) in [5.41, 5.74) is -0.181. The van der Waals surface area contributed by atoms with Crippen LogP contribution in [0.1, 0.15) is 27.2 Å². The van der Waals surface area contributed by atoms with Crippen molar-refractivity contribution in [3.63, 3.8) is 0 Å². The maximum absolute atomic E-state index is 11.5. The number of hydrogen-bond donors (Lipinski definition) is 0. The summed E-state index contributed by atoms with van der Waals surface area (Å²) < 4.78 is 15.8. The van der Waals surface area contributed by atoms with Crippen molar-refractivity contribution in [3.05, 3.63) is 12.2 Å². The molecule has 1 fully saturated rings. The van der Waals surface area contributed by atoms with Gasteiger partial charge >= 0.3 is 5.97 Å². The lowest BCUT2D eigenvalue weighted by Gasteiger charge is -2.34. The number of esters is 1. The van der Waals surface area contributed by atoms with Crippen molar-refractivity contribution < 1.29 is 19.0 Å². The monoisotopic (exact) mass is 242 g/mol. The molecular weight excluding hydrogens is 220 g/mol. The third-order valence-electron chi connectivity index (χ3n) is 2.87. The fourth-order valence-electron chi connectivity index (χ4n) is 1.55. The van der Waals surface area contributed by atoms with Crippen molar-refractivity contribution in [1.82, 2.24) is 0 Å². The lowest BCUT2D eigenvalue weighted by Crippen LogP contribution is -2.41. The standard InChI is InChI=1S/C13H22O4/c1-4-13(7-15-10-16-8-13)9-17-12(14)6-5-11(2)3/h5-6,11H,4,7-10H2,1-3H3/b6-5-. The van der Waals surface area contributed by atoms with Crippen LogP contribution < -0.4 is 0 Å². The van der Waals surface area contributed by atoms with Gasteiger partial charge < -0.3 is 14.2 Å². The second-order valence-corrected chi connectivity index (χ2v) is 4.88. The zero-order valence-electron chi connectivity index (χ0n) is 10.9. The first-order chi connectivity index (χ1) is 8.08. The molecule has 98 valence electrons. The molecule has 0 spiro atoms. The van der Waals surface area contributed by atoms with Crippen LogP contribution in [0.4, 0.5) is 0 Å². The number of allylic oxidation sites excluding steroid dienone is 1.